The second-order valence-corrected chi connectivity index (χ2v) is 4.10. The molecular weight excluding hydrogens is 271 g/mol. The highest BCUT2D eigenvalue weighted by atomic mass is 19.4. The molecule has 0 saturated carbocycles. The average Bonchev–Trinajstić information content (AvgIpc) is 2.36. The SMILES string of the molecule is Oc1cccc(CNc2ccc(OC(F)(F)F)cc2)c1. The highest BCUT2D eigenvalue weighted by molar-refractivity contribution is 5.47. The van der Waals surface area contributed by atoms with E-state index in [0.717, 1.165) is 5.56 Å². The van der Waals surface area contributed by atoms with Gasteiger partial charge in [0.15, 0.2) is 0 Å². The van der Waals surface area contributed by atoms with Crippen LogP contribution in [0.25, 0.3) is 0 Å². The summed E-state index contributed by atoms with van der Waals surface area (Å²) in [7, 11) is 0. The first-order chi connectivity index (χ1) is 9.42. The monoisotopic (exact) mass is 283 g/mol. The zero-order chi connectivity index (χ0) is 14.6. The van der Waals surface area contributed by atoms with Gasteiger partial charge >= 0.3 is 6.36 Å². The third-order valence-corrected chi connectivity index (χ3v) is 2.50. The Bertz CT molecular complexity index is 567. The Hall–Kier alpha value is -2.37. The second-order valence-electron chi connectivity index (χ2n) is 4.10. The van der Waals surface area contributed by atoms with Gasteiger partial charge in [-0.15, -0.1) is 13.2 Å². The number of phenols is 1. The second kappa shape index (κ2) is 5.73. The smallest absolute Gasteiger partial charge is 0.508 e. The van der Waals surface area contributed by atoms with Crippen molar-refractivity contribution in [3.05, 3.63) is 54.1 Å². The molecule has 6 heteroatoms. The first kappa shape index (κ1) is 14.0. The third-order valence-electron chi connectivity index (χ3n) is 2.50. The zero-order valence-corrected chi connectivity index (χ0v) is 10.3. The fraction of sp³-hybridized carbons (Fsp3) is 0.143. The van der Waals surface area contributed by atoms with Crippen LogP contribution in [-0.4, -0.2) is 11.5 Å². The predicted octanol–water partition coefficient (Wildman–Crippen LogP) is 3.90. The molecule has 0 atom stereocenters. The van der Waals surface area contributed by atoms with Crippen LogP contribution in [-0.2, 0) is 6.54 Å². The minimum Gasteiger partial charge on any atom is -0.508 e. The minimum absolute atomic E-state index is 0.165. The van der Waals surface area contributed by atoms with E-state index in [2.05, 4.69) is 10.1 Å². The van der Waals surface area contributed by atoms with Gasteiger partial charge in [-0.1, -0.05) is 12.1 Å². The molecule has 0 saturated heterocycles. The van der Waals surface area contributed by atoms with Crippen molar-refractivity contribution in [1.82, 2.24) is 0 Å². The van der Waals surface area contributed by atoms with Gasteiger partial charge in [0.25, 0.3) is 0 Å². The molecule has 0 spiro atoms. The Labute approximate surface area is 113 Å². The number of ether oxygens (including phenoxy) is 1. The van der Waals surface area contributed by atoms with Gasteiger partial charge in [-0.05, 0) is 42.0 Å². The quantitative estimate of drug-likeness (QED) is 0.894. The van der Waals surface area contributed by atoms with Crippen molar-refractivity contribution in [3.63, 3.8) is 0 Å². The van der Waals surface area contributed by atoms with E-state index in [1.54, 1.807) is 18.2 Å². The standard InChI is InChI=1S/C14H12F3NO2/c15-14(16,17)20-13-6-4-11(5-7-13)18-9-10-2-1-3-12(19)8-10/h1-8,18-19H,9H2. The summed E-state index contributed by atoms with van der Waals surface area (Å²) in [5.41, 5.74) is 1.52. The number of alkyl halides is 3. The van der Waals surface area contributed by atoms with Crippen LogP contribution in [0.15, 0.2) is 48.5 Å². The lowest BCUT2D eigenvalue weighted by atomic mass is 10.2. The highest BCUT2D eigenvalue weighted by Crippen LogP contribution is 2.24. The Morgan fingerprint density at radius 3 is 2.35 bits per heavy atom. The van der Waals surface area contributed by atoms with Crippen LogP contribution in [0, 0.1) is 0 Å². The molecule has 0 unspecified atom stereocenters. The molecule has 0 fully saturated rings. The van der Waals surface area contributed by atoms with E-state index in [1.807, 2.05) is 6.07 Å². The Balaban J connectivity index is 1.94. The van der Waals surface area contributed by atoms with Crippen molar-refractivity contribution < 1.29 is 23.0 Å². The number of anilines is 1. The van der Waals surface area contributed by atoms with E-state index in [1.165, 1.54) is 24.3 Å². The van der Waals surface area contributed by atoms with Gasteiger partial charge in [0.05, 0.1) is 0 Å². The van der Waals surface area contributed by atoms with Crippen LogP contribution in [0.4, 0.5) is 18.9 Å². The van der Waals surface area contributed by atoms with Crippen LogP contribution >= 0.6 is 0 Å². The summed E-state index contributed by atoms with van der Waals surface area (Å²) in [5, 5.41) is 12.3. The van der Waals surface area contributed by atoms with Crippen molar-refractivity contribution in [2.75, 3.05) is 5.32 Å². The van der Waals surface area contributed by atoms with Crippen LogP contribution in [0.3, 0.4) is 0 Å². The molecule has 2 rings (SSSR count). The molecule has 0 heterocycles. The highest BCUT2D eigenvalue weighted by Gasteiger charge is 2.30. The first-order valence-electron chi connectivity index (χ1n) is 5.80. The largest absolute Gasteiger partial charge is 0.573 e. The normalized spacial score (nSPS) is 11.2. The van der Waals surface area contributed by atoms with E-state index in [9.17, 15) is 18.3 Å². The summed E-state index contributed by atoms with van der Waals surface area (Å²) in [6, 6.07) is 12.2. The maximum atomic E-state index is 12.0. The van der Waals surface area contributed by atoms with E-state index in [-0.39, 0.29) is 11.5 Å². The van der Waals surface area contributed by atoms with Crippen LogP contribution in [0.5, 0.6) is 11.5 Å². The van der Waals surface area contributed by atoms with Gasteiger partial charge in [0.2, 0.25) is 0 Å². The molecule has 0 radical (unpaired) electrons. The number of rotatable bonds is 4. The van der Waals surface area contributed by atoms with Gasteiger partial charge in [-0.3, -0.25) is 0 Å². The summed E-state index contributed by atoms with van der Waals surface area (Å²) in [6.07, 6.45) is -4.68. The Kier molecular flexibility index (Phi) is 4.02. The average molecular weight is 283 g/mol. The number of halogens is 3. The van der Waals surface area contributed by atoms with Crippen molar-refractivity contribution in [2.24, 2.45) is 0 Å². The van der Waals surface area contributed by atoms with Crippen molar-refractivity contribution in [2.45, 2.75) is 12.9 Å². The molecule has 0 aromatic heterocycles. The Morgan fingerprint density at radius 1 is 1.05 bits per heavy atom. The maximum absolute atomic E-state index is 12.0. The lowest BCUT2D eigenvalue weighted by Crippen LogP contribution is -2.17. The summed E-state index contributed by atoms with van der Waals surface area (Å²) in [5.74, 6) is -0.0985. The number of nitrogens with one attached hydrogen (secondary N) is 1. The molecule has 0 aliphatic carbocycles. The van der Waals surface area contributed by atoms with Gasteiger partial charge in [0, 0.05) is 12.2 Å². The molecule has 2 aromatic carbocycles. The fourth-order valence-corrected chi connectivity index (χ4v) is 1.65. The van der Waals surface area contributed by atoms with Crippen molar-refractivity contribution in [3.8, 4) is 11.5 Å². The number of hydrogen-bond acceptors (Lipinski definition) is 3. The zero-order valence-electron chi connectivity index (χ0n) is 10.3. The van der Waals surface area contributed by atoms with Crippen LogP contribution < -0.4 is 10.1 Å². The summed E-state index contributed by atoms with van der Waals surface area (Å²) in [4.78, 5) is 0. The Morgan fingerprint density at radius 2 is 1.75 bits per heavy atom. The topological polar surface area (TPSA) is 41.5 Å². The number of aromatic hydroxyl groups is 1. The van der Waals surface area contributed by atoms with Gasteiger partial charge in [0.1, 0.15) is 11.5 Å². The number of hydrogen-bond donors (Lipinski definition) is 2. The summed E-state index contributed by atoms with van der Waals surface area (Å²) < 4.78 is 39.7. The summed E-state index contributed by atoms with van der Waals surface area (Å²) >= 11 is 0. The molecule has 0 aliphatic rings. The molecule has 0 bridgehead atoms. The van der Waals surface area contributed by atoms with Gasteiger partial charge in [-0.2, -0.15) is 0 Å². The number of benzene rings is 2. The van der Waals surface area contributed by atoms with E-state index < -0.39 is 6.36 Å². The molecule has 0 aliphatic heterocycles. The van der Waals surface area contributed by atoms with E-state index >= 15 is 0 Å². The van der Waals surface area contributed by atoms with Crippen molar-refractivity contribution >= 4 is 5.69 Å². The van der Waals surface area contributed by atoms with E-state index in [0.29, 0.717) is 12.2 Å². The lowest BCUT2D eigenvalue weighted by molar-refractivity contribution is -0.274. The predicted molar refractivity (Wildman–Crippen MR) is 68.6 cm³/mol. The minimum atomic E-state index is -4.68. The molecule has 2 aromatic rings. The molecular formula is C14H12F3NO2. The maximum Gasteiger partial charge on any atom is 0.573 e. The molecule has 0 amide bonds. The molecule has 2 N–H and O–H groups in total. The van der Waals surface area contributed by atoms with Gasteiger partial charge < -0.3 is 15.2 Å². The first-order valence-corrected chi connectivity index (χ1v) is 5.80. The molecule has 20 heavy (non-hydrogen) atoms. The van der Waals surface area contributed by atoms with Crippen molar-refractivity contribution in [1.29, 1.82) is 0 Å². The lowest BCUT2D eigenvalue weighted by Gasteiger charge is -2.10. The van der Waals surface area contributed by atoms with E-state index in [4.69, 9.17) is 0 Å². The third kappa shape index (κ3) is 4.38. The fourth-order valence-electron chi connectivity index (χ4n) is 1.65. The van der Waals surface area contributed by atoms with Crippen LogP contribution in [0.1, 0.15) is 5.56 Å². The summed E-state index contributed by atoms with van der Waals surface area (Å²) in [6.45, 7) is 0.452. The van der Waals surface area contributed by atoms with Gasteiger partial charge in [-0.25, -0.2) is 0 Å². The molecule has 106 valence electrons. The van der Waals surface area contributed by atoms with Crippen LogP contribution in [0.2, 0.25) is 0 Å². The molecule has 3 nitrogen and oxygen atoms in total. The number of phenolic OH excluding ortho intramolecular Hbond substituents is 1.